The Morgan fingerprint density at radius 2 is 1.22 bits per heavy atom. The summed E-state index contributed by atoms with van der Waals surface area (Å²) in [6.07, 6.45) is -0.180. The highest BCUT2D eigenvalue weighted by Crippen LogP contribution is 2.46. The number of hydrogen-bond acceptors (Lipinski definition) is 2. The second kappa shape index (κ2) is 7.84. The van der Waals surface area contributed by atoms with Crippen molar-refractivity contribution >= 4 is 48.8 Å². The zero-order valence-corrected chi connectivity index (χ0v) is 20.1. The highest BCUT2D eigenvalue weighted by atomic mass is 16.5. The van der Waals surface area contributed by atoms with E-state index in [2.05, 4.69) is 127 Å². The fraction of sp³-hybridized carbons (Fsp3) is 0.0286. The molecule has 174 valence electrons. The van der Waals surface area contributed by atoms with Gasteiger partial charge in [0, 0.05) is 10.9 Å². The van der Waals surface area contributed by atoms with Gasteiger partial charge in [0.2, 0.25) is 0 Å². The van der Waals surface area contributed by atoms with Crippen LogP contribution in [0.25, 0.3) is 54.2 Å². The van der Waals surface area contributed by atoms with Gasteiger partial charge < -0.3 is 10.1 Å². The lowest BCUT2D eigenvalue weighted by atomic mass is 9.91. The van der Waals surface area contributed by atoms with Crippen LogP contribution in [0.5, 0.6) is 5.75 Å². The van der Waals surface area contributed by atoms with Gasteiger partial charge >= 0.3 is 0 Å². The fourth-order valence-corrected chi connectivity index (χ4v) is 5.89. The maximum atomic E-state index is 6.52. The SMILES string of the molecule is c1ccc(C2Nc3ccc4ccc5cc(-c6cc7ccccc7c7ccccc67)ccc5c4c3O2)cc1. The number of nitrogens with one attached hydrogen (secondary N) is 1. The molecule has 0 aromatic heterocycles. The molecule has 0 radical (unpaired) electrons. The molecule has 2 nitrogen and oxygen atoms in total. The molecule has 0 saturated heterocycles. The number of fused-ring (bicyclic) bond motifs is 8. The molecule has 1 heterocycles. The summed E-state index contributed by atoms with van der Waals surface area (Å²) in [6.45, 7) is 0. The molecular formula is C35H23NO. The van der Waals surface area contributed by atoms with Gasteiger partial charge in [-0.1, -0.05) is 109 Å². The highest BCUT2D eigenvalue weighted by Gasteiger charge is 2.26. The largest absolute Gasteiger partial charge is 0.464 e. The van der Waals surface area contributed by atoms with Gasteiger partial charge in [0.05, 0.1) is 5.69 Å². The van der Waals surface area contributed by atoms with Crippen molar-refractivity contribution in [2.24, 2.45) is 0 Å². The molecule has 1 aliphatic rings. The van der Waals surface area contributed by atoms with Crippen LogP contribution in [0.15, 0.2) is 127 Å². The predicted octanol–water partition coefficient (Wildman–Crippen LogP) is 9.47. The fourth-order valence-electron chi connectivity index (χ4n) is 5.89. The van der Waals surface area contributed by atoms with Crippen LogP contribution in [0.2, 0.25) is 0 Å². The predicted molar refractivity (Wildman–Crippen MR) is 155 cm³/mol. The molecule has 0 bridgehead atoms. The van der Waals surface area contributed by atoms with E-state index in [0.29, 0.717) is 0 Å². The lowest BCUT2D eigenvalue weighted by molar-refractivity contribution is 0.263. The number of ether oxygens (including phenoxy) is 1. The lowest BCUT2D eigenvalue weighted by Crippen LogP contribution is -2.09. The summed E-state index contributed by atoms with van der Waals surface area (Å²) in [5.41, 5.74) is 4.65. The van der Waals surface area contributed by atoms with Crippen LogP contribution in [0.4, 0.5) is 5.69 Å². The second-order valence-corrected chi connectivity index (χ2v) is 9.79. The number of benzene rings is 7. The van der Waals surface area contributed by atoms with E-state index in [0.717, 1.165) is 22.4 Å². The van der Waals surface area contributed by atoms with Gasteiger partial charge in [-0.2, -0.15) is 0 Å². The van der Waals surface area contributed by atoms with Gasteiger partial charge in [-0.25, -0.2) is 0 Å². The van der Waals surface area contributed by atoms with Crippen LogP contribution in [0.3, 0.4) is 0 Å². The Labute approximate surface area is 214 Å². The third-order valence-corrected chi connectivity index (χ3v) is 7.66. The first-order chi connectivity index (χ1) is 18.3. The molecule has 0 saturated carbocycles. The Balaban J connectivity index is 1.32. The monoisotopic (exact) mass is 473 g/mol. The summed E-state index contributed by atoms with van der Waals surface area (Å²) in [5.74, 6) is 0.931. The van der Waals surface area contributed by atoms with Crippen molar-refractivity contribution in [3.8, 4) is 16.9 Å². The molecule has 7 aromatic carbocycles. The highest BCUT2D eigenvalue weighted by molar-refractivity contribution is 6.16. The van der Waals surface area contributed by atoms with Crippen LogP contribution >= 0.6 is 0 Å². The Morgan fingerprint density at radius 3 is 2.11 bits per heavy atom. The van der Waals surface area contributed by atoms with Crippen LogP contribution in [0, 0.1) is 0 Å². The van der Waals surface area contributed by atoms with Crippen molar-refractivity contribution in [3.05, 3.63) is 133 Å². The summed E-state index contributed by atoms with van der Waals surface area (Å²) < 4.78 is 6.52. The molecule has 2 heteroatoms. The number of anilines is 1. The summed E-state index contributed by atoms with van der Waals surface area (Å²) in [6, 6.07) is 45.6. The minimum absolute atomic E-state index is 0.180. The Morgan fingerprint density at radius 1 is 0.514 bits per heavy atom. The number of rotatable bonds is 2. The van der Waals surface area contributed by atoms with Crippen molar-refractivity contribution in [2.45, 2.75) is 6.23 Å². The molecular weight excluding hydrogens is 450 g/mol. The van der Waals surface area contributed by atoms with Crippen LogP contribution < -0.4 is 10.1 Å². The summed E-state index contributed by atoms with van der Waals surface area (Å²) in [7, 11) is 0. The minimum atomic E-state index is -0.180. The zero-order chi connectivity index (χ0) is 24.3. The third kappa shape index (κ3) is 3.12. The van der Waals surface area contributed by atoms with E-state index < -0.39 is 0 Å². The molecule has 8 rings (SSSR count). The molecule has 7 aromatic rings. The molecule has 1 aliphatic heterocycles. The molecule has 1 unspecified atom stereocenters. The van der Waals surface area contributed by atoms with Gasteiger partial charge in [0.15, 0.2) is 12.0 Å². The third-order valence-electron chi connectivity index (χ3n) is 7.66. The normalized spacial score (nSPS) is 14.6. The van der Waals surface area contributed by atoms with Gasteiger partial charge in [-0.3, -0.25) is 0 Å². The summed E-state index contributed by atoms with van der Waals surface area (Å²) >= 11 is 0. The van der Waals surface area contributed by atoms with Crippen molar-refractivity contribution in [2.75, 3.05) is 5.32 Å². The second-order valence-electron chi connectivity index (χ2n) is 9.79. The van der Waals surface area contributed by atoms with Crippen LogP contribution in [0.1, 0.15) is 11.8 Å². The van der Waals surface area contributed by atoms with E-state index in [4.69, 9.17) is 4.74 Å². The minimum Gasteiger partial charge on any atom is -0.464 e. The first-order valence-electron chi connectivity index (χ1n) is 12.7. The lowest BCUT2D eigenvalue weighted by Gasteiger charge is -2.14. The van der Waals surface area contributed by atoms with Crippen molar-refractivity contribution in [1.82, 2.24) is 0 Å². The first-order valence-corrected chi connectivity index (χ1v) is 12.7. The first kappa shape index (κ1) is 20.4. The zero-order valence-electron chi connectivity index (χ0n) is 20.1. The van der Waals surface area contributed by atoms with Crippen molar-refractivity contribution < 1.29 is 4.74 Å². The Kier molecular flexibility index (Phi) is 4.32. The van der Waals surface area contributed by atoms with Gasteiger partial charge in [0.25, 0.3) is 0 Å². The smallest absolute Gasteiger partial charge is 0.196 e. The van der Waals surface area contributed by atoms with Crippen LogP contribution in [-0.2, 0) is 0 Å². The van der Waals surface area contributed by atoms with E-state index in [9.17, 15) is 0 Å². The van der Waals surface area contributed by atoms with Crippen LogP contribution in [-0.4, -0.2) is 0 Å². The molecule has 0 spiro atoms. The van der Waals surface area contributed by atoms with Gasteiger partial charge in [-0.05, 0) is 67.0 Å². The maximum absolute atomic E-state index is 6.52. The summed E-state index contributed by atoms with van der Waals surface area (Å²) in [5, 5.41) is 13.5. The average Bonchev–Trinajstić information content (AvgIpc) is 3.41. The van der Waals surface area contributed by atoms with E-state index >= 15 is 0 Å². The average molecular weight is 474 g/mol. The summed E-state index contributed by atoms with van der Waals surface area (Å²) in [4.78, 5) is 0. The molecule has 1 N–H and O–H groups in total. The van der Waals surface area contributed by atoms with Gasteiger partial charge in [0.1, 0.15) is 0 Å². The van der Waals surface area contributed by atoms with E-state index in [1.165, 1.54) is 48.8 Å². The Bertz CT molecular complexity index is 1990. The Hall–Kier alpha value is -4.82. The topological polar surface area (TPSA) is 21.3 Å². The van der Waals surface area contributed by atoms with Gasteiger partial charge in [-0.15, -0.1) is 0 Å². The molecule has 0 aliphatic carbocycles. The number of hydrogen-bond donors (Lipinski definition) is 1. The van der Waals surface area contributed by atoms with Crippen molar-refractivity contribution in [3.63, 3.8) is 0 Å². The van der Waals surface area contributed by atoms with E-state index in [1.807, 2.05) is 6.07 Å². The maximum Gasteiger partial charge on any atom is 0.196 e. The van der Waals surface area contributed by atoms with Crippen molar-refractivity contribution in [1.29, 1.82) is 0 Å². The standard InChI is InChI=1S/C35H23NO/c1-2-8-23(9-3-1)35-36-32-19-17-22-14-15-25-20-26(16-18-28(25)33(22)34(32)37-35)31-21-24-10-4-5-11-27(24)29-12-6-7-13-30(29)31/h1-21,35-36H. The molecule has 0 amide bonds. The molecule has 0 fully saturated rings. The van der Waals surface area contributed by atoms with E-state index in [1.54, 1.807) is 0 Å². The molecule has 37 heavy (non-hydrogen) atoms. The quantitative estimate of drug-likeness (QED) is 0.252. The van der Waals surface area contributed by atoms with E-state index in [-0.39, 0.29) is 6.23 Å². The molecule has 1 atom stereocenters.